The van der Waals surface area contributed by atoms with Crippen molar-refractivity contribution in [3.63, 3.8) is 0 Å². The van der Waals surface area contributed by atoms with Gasteiger partial charge in [-0.15, -0.1) is 0 Å². The Morgan fingerprint density at radius 2 is 1.84 bits per heavy atom. The van der Waals surface area contributed by atoms with E-state index in [2.05, 4.69) is 45.2 Å². The van der Waals surface area contributed by atoms with Crippen LogP contribution in [0.2, 0.25) is 0 Å². The second kappa shape index (κ2) is 6.82. The molecule has 25 heavy (non-hydrogen) atoms. The van der Waals surface area contributed by atoms with Crippen LogP contribution in [0, 0.1) is 12.8 Å². The number of fused-ring (bicyclic) bond motifs is 1. The topological polar surface area (TPSA) is 66.5 Å². The molecule has 5 heteroatoms. The summed E-state index contributed by atoms with van der Waals surface area (Å²) in [5, 5.41) is 4.67. The fourth-order valence-corrected chi connectivity index (χ4v) is 3.64. The predicted molar refractivity (Wildman–Crippen MR) is 101 cm³/mol. The molecule has 1 aliphatic carbocycles. The van der Waals surface area contributed by atoms with Gasteiger partial charge in [-0.3, -0.25) is 0 Å². The number of hydrogen-bond donors (Lipinski definition) is 2. The highest BCUT2D eigenvalue weighted by Crippen LogP contribution is 2.25. The lowest BCUT2D eigenvalue weighted by atomic mass is 9.87. The Bertz CT molecular complexity index is 844. The van der Waals surface area contributed by atoms with E-state index < -0.39 is 0 Å². The van der Waals surface area contributed by atoms with Crippen molar-refractivity contribution in [1.29, 1.82) is 0 Å². The number of H-pyrrole nitrogens is 1. The normalized spacial score (nSPS) is 20.7. The number of aryl methyl sites for hydroxylation is 1. The molecule has 5 nitrogen and oxygen atoms in total. The number of nitrogens with one attached hydrogen (secondary N) is 2. The number of nitrogens with zero attached hydrogens (tertiary/aromatic N) is 3. The Labute approximate surface area is 148 Å². The first-order valence-electron chi connectivity index (χ1n) is 9.17. The average molecular weight is 335 g/mol. The van der Waals surface area contributed by atoms with Gasteiger partial charge in [0.2, 0.25) is 5.95 Å². The van der Waals surface area contributed by atoms with Gasteiger partial charge in [-0.05, 0) is 61.3 Å². The molecule has 1 fully saturated rings. The summed E-state index contributed by atoms with van der Waals surface area (Å²) < 4.78 is 0. The summed E-state index contributed by atoms with van der Waals surface area (Å²) in [5.41, 5.74) is 4.46. The number of hydrogen-bond acceptors (Lipinski definition) is 4. The van der Waals surface area contributed by atoms with Crippen molar-refractivity contribution in [1.82, 2.24) is 19.9 Å². The molecular formula is C20H25N5. The fraction of sp³-hybridized carbons (Fsp3) is 0.450. The van der Waals surface area contributed by atoms with Gasteiger partial charge >= 0.3 is 0 Å². The lowest BCUT2D eigenvalue weighted by Gasteiger charge is -2.26. The van der Waals surface area contributed by atoms with Crippen molar-refractivity contribution in [2.45, 2.75) is 52.0 Å². The highest BCUT2D eigenvalue weighted by Gasteiger charge is 2.18. The maximum atomic E-state index is 4.52. The molecule has 0 spiro atoms. The van der Waals surface area contributed by atoms with Gasteiger partial charge in [-0.25, -0.2) is 15.0 Å². The predicted octanol–water partition coefficient (Wildman–Crippen LogP) is 4.24. The van der Waals surface area contributed by atoms with Gasteiger partial charge in [-0.2, -0.15) is 0 Å². The summed E-state index contributed by atoms with van der Waals surface area (Å²) >= 11 is 0. The molecule has 0 amide bonds. The minimum Gasteiger partial charge on any atom is -0.351 e. The largest absolute Gasteiger partial charge is 0.351 e. The molecule has 0 atom stereocenters. The maximum Gasteiger partial charge on any atom is 0.222 e. The Balaban J connectivity index is 1.44. The molecule has 0 bridgehead atoms. The Morgan fingerprint density at radius 3 is 2.60 bits per heavy atom. The van der Waals surface area contributed by atoms with Gasteiger partial charge in [0.1, 0.15) is 5.65 Å². The summed E-state index contributed by atoms with van der Waals surface area (Å²) in [4.78, 5) is 16.7. The third kappa shape index (κ3) is 3.65. The van der Waals surface area contributed by atoms with Gasteiger partial charge in [0.25, 0.3) is 0 Å². The minimum absolute atomic E-state index is 0.518. The third-order valence-corrected chi connectivity index (χ3v) is 5.20. The molecule has 1 saturated carbocycles. The van der Waals surface area contributed by atoms with Crippen LogP contribution < -0.4 is 5.32 Å². The van der Waals surface area contributed by atoms with E-state index in [1.54, 1.807) is 0 Å². The van der Waals surface area contributed by atoms with E-state index in [1.165, 1.54) is 42.2 Å². The standard InChI is InChI=1S/C20H25N5/c1-13-3-5-17(6-4-13)25-20-23-10-15(11-24-20)8-16-12-22-19-18(16)7-14(2)9-21-19/h7,9-13,17H,3-6,8H2,1-2H3,(H,21,22)(H,23,24,25). The minimum atomic E-state index is 0.518. The van der Waals surface area contributed by atoms with E-state index in [0.29, 0.717) is 6.04 Å². The van der Waals surface area contributed by atoms with Crippen molar-refractivity contribution >= 4 is 17.0 Å². The summed E-state index contributed by atoms with van der Waals surface area (Å²) in [7, 11) is 0. The molecule has 0 saturated heterocycles. The van der Waals surface area contributed by atoms with E-state index in [0.717, 1.165) is 29.5 Å². The molecule has 0 aliphatic heterocycles. The fourth-order valence-electron chi connectivity index (χ4n) is 3.64. The maximum absolute atomic E-state index is 4.52. The van der Waals surface area contributed by atoms with Crippen LogP contribution >= 0.6 is 0 Å². The quantitative estimate of drug-likeness (QED) is 0.748. The van der Waals surface area contributed by atoms with Crippen LogP contribution in [-0.2, 0) is 6.42 Å². The molecule has 0 aromatic carbocycles. The number of aromatic amines is 1. The Kier molecular flexibility index (Phi) is 4.38. The zero-order valence-corrected chi connectivity index (χ0v) is 14.9. The van der Waals surface area contributed by atoms with Crippen molar-refractivity contribution in [2.75, 3.05) is 5.32 Å². The summed E-state index contributed by atoms with van der Waals surface area (Å²) in [6.45, 7) is 4.40. The van der Waals surface area contributed by atoms with Gasteiger partial charge in [0, 0.05) is 42.6 Å². The highest BCUT2D eigenvalue weighted by molar-refractivity contribution is 5.80. The van der Waals surface area contributed by atoms with Crippen molar-refractivity contribution in [3.8, 4) is 0 Å². The Hall–Kier alpha value is -2.43. The van der Waals surface area contributed by atoms with Crippen LogP contribution in [-0.4, -0.2) is 26.0 Å². The van der Waals surface area contributed by atoms with Crippen LogP contribution in [0.3, 0.4) is 0 Å². The number of aromatic nitrogens is 4. The van der Waals surface area contributed by atoms with Crippen molar-refractivity contribution in [2.24, 2.45) is 5.92 Å². The van der Waals surface area contributed by atoms with E-state index in [4.69, 9.17) is 0 Å². The van der Waals surface area contributed by atoms with E-state index in [1.807, 2.05) is 24.8 Å². The van der Waals surface area contributed by atoms with Crippen LogP contribution in [0.4, 0.5) is 5.95 Å². The SMILES string of the molecule is Cc1cnc2[nH]cc(Cc3cnc(NC4CCC(C)CC4)nc3)c2c1. The summed E-state index contributed by atoms with van der Waals surface area (Å²) in [6, 6.07) is 2.69. The summed E-state index contributed by atoms with van der Waals surface area (Å²) in [6.07, 6.45) is 13.6. The second-order valence-corrected chi connectivity index (χ2v) is 7.42. The van der Waals surface area contributed by atoms with Gasteiger partial charge in [0.15, 0.2) is 0 Å². The second-order valence-electron chi connectivity index (χ2n) is 7.42. The van der Waals surface area contributed by atoms with Crippen LogP contribution in [0.15, 0.2) is 30.9 Å². The summed E-state index contributed by atoms with van der Waals surface area (Å²) in [5.74, 6) is 1.61. The molecule has 3 aromatic rings. The lowest BCUT2D eigenvalue weighted by Crippen LogP contribution is -2.26. The number of rotatable bonds is 4. The first-order valence-corrected chi connectivity index (χ1v) is 9.17. The Morgan fingerprint density at radius 1 is 1.08 bits per heavy atom. The molecule has 130 valence electrons. The molecule has 3 heterocycles. The van der Waals surface area contributed by atoms with Crippen LogP contribution in [0.1, 0.15) is 49.3 Å². The van der Waals surface area contributed by atoms with Gasteiger partial charge in [0.05, 0.1) is 0 Å². The van der Waals surface area contributed by atoms with E-state index in [-0.39, 0.29) is 0 Å². The molecule has 1 aliphatic rings. The first-order chi connectivity index (χ1) is 12.2. The van der Waals surface area contributed by atoms with Crippen LogP contribution in [0.5, 0.6) is 0 Å². The molecule has 0 radical (unpaired) electrons. The van der Waals surface area contributed by atoms with Crippen LogP contribution in [0.25, 0.3) is 11.0 Å². The first kappa shape index (κ1) is 16.1. The highest BCUT2D eigenvalue weighted by atomic mass is 15.1. The number of anilines is 1. The van der Waals surface area contributed by atoms with E-state index >= 15 is 0 Å². The molecule has 4 rings (SSSR count). The van der Waals surface area contributed by atoms with E-state index in [9.17, 15) is 0 Å². The van der Waals surface area contributed by atoms with Crippen molar-refractivity contribution in [3.05, 3.63) is 47.5 Å². The average Bonchev–Trinajstić information content (AvgIpc) is 3.01. The van der Waals surface area contributed by atoms with Crippen molar-refractivity contribution < 1.29 is 0 Å². The van der Waals surface area contributed by atoms with Gasteiger partial charge in [-0.1, -0.05) is 6.92 Å². The molecular weight excluding hydrogens is 310 g/mol. The zero-order chi connectivity index (χ0) is 17.2. The molecule has 3 aromatic heterocycles. The monoisotopic (exact) mass is 335 g/mol. The molecule has 0 unspecified atom stereocenters. The smallest absolute Gasteiger partial charge is 0.222 e. The van der Waals surface area contributed by atoms with Gasteiger partial charge < -0.3 is 10.3 Å². The third-order valence-electron chi connectivity index (χ3n) is 5.20. The zero-order valence-electron chi connectivity index (χ0n) is 14.9. The number of pyridine rings is 1. The lowest BCUT2D eigenvalue weighted by molar-refractivity contribution is 0.360. The molecule has 2 N–H and O–H groups in total.